The van der Waals surface area contributed by atoms with Gasteiger partial charge in [0.15, 0.2) is 5.03 Å². The second-order valence-corrected chi connectivity index (χ2v) is 7.10. The van der Waals surface area contributed by atoms with E-state index in [-0.39, 0.29) is 11.1 Å². The number of hydrogen-bond donors (Lipinski definition) is 1. The average Bonchev–Trinajstić information content (AvgIpc) is 2.35. The molecule has 19 heavy (non-hydrogen) atoms. The van der Waals surface area contributed by atoms with Crippen LogP contribution in [-0.4, -0.2) is 36.8 Å². The standard InChI is InChI=1S/C13H23N3O2S/c1-10(2)14-8-12-6-7-13(15-9-12)19(17,18)16(5)11(3)4/h6-7,9-11,14H,8H2,1-5H3. The topological polar surface area (TPSA) is 62.3 Å². The molecule has 0 saturated heterocycles. The van der Waals surface area contributed by atoms with Crippen LogP contribution in [0.15, 0.2) is 23.4 Å². The summed E-state index contributed by atoms with van der Waals surface area (Å²) >= 11 is 0. The number of nitrogens with one attached hydrogen (secondary N) is 1. The van der Waals surface area contributed by atoms with Gasteiger partial charge in [0.25, 0.3) is 10.0 Å². The molecule has 5 nitrogen and oxygen atoms in total. The van der Waals surface area contributed by atoms with E-state index in [1.54, 1.807) is 25.4 Å². The molecule has 0 bridgehead atoms. The summed E-state index contributed by atoms with van der Waals surface area (Å²) in [7, 11) is -1.92. The Morgan fingerprint density at radius 1 is 1.26 bits per heavy atom. The van der Waals surface area contributed by atoms with E-state index in [0.717, 1.165) is 5.56 Å². The van der Waals surface area contributed by atoms with Crippen LogP contribution in [0.25, 0.3) is 0 Å². The van der Waals surface area contributed by atoms with Gasteiger partial charge in [-0.05, 0) is 25.5 Å². The van der Waals surface area contributed by atoms with E-state index < -0.39 is 10.0 Å². The van der Waals surface area contributed by atoms with Gasteiger partial charge in [-0.1, -0.05) is 19.9 Å². The van der Waals surface area contributed by atoms with Crippen molar-refractivity contribution in [2.75, 3.05) is 7.05 Å². The Kier molecular flexibility index (Phi) is 5.46. The third-order valence-electron chi connectivity index (χ3n) is 2.88. The molecule has 0 unspecified atom stereocenters. The van der Waals surface area contributed by atoms with Gasteiger partial charge < -0.3 is 5.32 Å². The van der Waals surface area contributed by atoms with E-state index in [1.165, 1.54) is 4.31 Å². The molecule has 0 aliphatic carbocycles. The van der Waals surface area contributed by atoms with Crippen LogP contribution in [0.3, 0.4) is 0 Å². The molecule has 1 rings (SSSR count). The lowest BCUT2D eigenvalue weighted by Gasteiger charge is -2.20. The zero-order chi connectivity index (χ0) is 14.6. The SMILES string of the molecule is CC(C)NCc1ccc(S(=O)(=O)N(C)C(C)C)nc1. The fourth-order valence-electron chi connectivity index (χ4n) is 1.42. The van der Waals surface area contributed by atoms with E-state index in [9.17, 15) is 8.42 Å². The minimum atomic E-state index is -3.48. The van der Waals surface area contributed by atoms with Crippen LogP contribution in [0, 0.1) is 0 Å². The summed E-state index contributed by atoms with van der Waals surface area (Å²) in [6, 6.07) is 3.65. The predicted octanol–water partition coefficient (Wildman–Crippen LogP) is 1.61. The molecule has 1 aromatic rings. The molecule has 0 aliphatic heterocycles. The van der Waals surface area contributed by atoms with Crippen molar-refractivity contribution in [1.82, 2.24) is 14.6 Å². The first-order valence-corrected chi connectivity index (χ1v) is 7.85. The summed E-state index contributed by atoms with van der Waals surface area (Å²) in [5.41, 5.74) is 0.972. The molecule has 1 heterocycles. The normalized spacial score (nSPS) is 12.6. The van der Waals surface area contributed by atoms with Crippen molar-refractivity contribution < 1.29 is 8.42 Å². The van der Waals surface area contributed by atoms with E-state index >= 15 is 0 Å². The Bertz CT molecular complexity index is 495. The van der Waals surface area contributed by atoms with Crippen molar-refractivity contribution in [3.8, 4) is 0 Å². The maximum Gasteiger partial charge on any atom is 0.260 e. The fraction of sp³-hybridized carbons (Fsp3) is 0.615. The highest BCUT2D eigenvalue weighted by atomic mass is 32.2. The molecule has 6 heteroatoms. The first kappa shape index (κ1) is 16.1. The Balaban J connectivity index is 2.87. The largest absolute Gasteiger partial charge is 0.310 e. The fourth-order valence-corrected chi connectivity index (χ4v) is 2.69. The summed E-state index contributed by atoms with van der Waals surface area (Å²) in [4.78, 5) is 4.06. The molecular weight excluding hydrogens is 262 g/mol. The van der Waals surface area contributed by atoms with Crippen molar-refractivity contribution in [2.24, 2.45) is 0 Å². The van der Waals surface area contributed by atoms with Gasteiger partial charge in [0.2, 0.25) is 0 Å². The average molecular weight is 285 g/mol. The highest BCUT2D eigenvalue weighted by Gasteiger charge is 2.24. The number of pyridine rings is 1. The number of rotatable bonds is 6. The minimum Gasteiger partial charge on any atom is -0.310 e. The third-order valence-corrected chi connectivity index (χ3v) is 4.83. The lowest BCUT2D eigenvalue weighted by Crippen LogP contribution is -2.33. The summed E-state index contributed by atoms with van der Waals surface area (Å²) in [5.74, 6) is 0. The van der Waals surface area contributed by atoms with Gasteiger partial charge in [-0.2, -0.15) is 4.31 Å². The summed E-state index contributed by atoms with van der Waals surface area (Å²) < 4.78 is 25.7. The van der Waals surface area contributed by atoms with Crippen LogP contribution in [0.5, 0.6) is 0 Å². The van der Waals surface area contributed by atoms with Crippen molar-refractivity contribution in [3.05, 3.63) is 23.9 Å². The van der Waals surface area contributed by atoms with Gasteiger partial charge in [-0.25, -0.2) is 13.4 Å². The zero-order valence-corrected chi connectivity index (χ0v) is 13.0. The Labute approximate surface area is 116 Å². The molecular formula is C13H23N3O2S. The lowest BCUT2D eigenvalue weighted by atomic mass is 10.2. The maximum atomic E-state index is 12.2. The van der Waals surface area contributed by atoms with Crippen LogP contribution >= 0.6 is 0 Å². The van der Waals surface area contributed by atoms with E-state index in [1.807, 2.05) is 13.8 Å². The molecule has 1 N–H and O–H groups in total. The van der Waals surface area contributed by atoms with Gasteiger partial charge in [-0.3, -0.25) is 0 Å². The van der Waals surface area contributed by atoms with Gasteiger partial charge in [0.05, 0.1) is 0 Å². The molecule has 0 spiro atoms. The molecule has 1 aromatic heterocycles. The number of sulfonamides is 1. The van der Waals surface area contributed by atoms with Crippen LogP contribution in [0.2, 0.25) is 0 Å². The van der Waals surface area contributed by atoms with Gasteiger partial charge in [0.1, 0.15) is 0 Å². The van der Waals surface area contributed by atoms with Crippen LogP contribution in [-0.2, 0) is 16.6 Å². The molecule has 0 saturated carbocycles. The van der Waals surface area contributed by atoms with E-state index in [4.69, 9.17) is 0 Å². The smallest absolute Gasteiger partial charge is 0.260 e. The quantitative estimate of drug-likeness (QED) is 0.862. The first-order chi connectivity index (χ1) is 8.75. The molecule has 0 fully saturated rings. The Morgan fingerprint density at radius 2 is 1.89 bits per heavy atom. The highest BCUT2D eigenvalue weighted by molar-refractivity contribution is 7.89. The summed E-state index contributed by atoms with van der Waals surface area (Å²) in [6.45, 7) is 8.47. The van der Waals surface area contributed by atoms with Gasteiger partial charge in [0, 0.05) is 31.9 Å². The Hall–Kier alpha value is -0.980. The number of nitrogens with zero attached hydrogens (tertiary/aromatic N) is 2. The summed E-state index contributed by atoms with van der Waals surface area (Å²) in [6.07, 6.45) is 1.61. The van der Waals surface area contributed by atoms with Crippen molar-refractivity contribution >= 4 is 10.0 Å². The van der Waals surface area contributed by atoms with E-state index in [0.29, 0.717) is 12.6 Å². The van der Waals surface area contributed by atoms with E-state index in [2.05, 4.69) is 24.1 Å². The Morgan fingerprint density at radius 3 is 2.32 bits per heavy atom. The zero-order valence-electron chi connectivity index (χ0n) is 12.2. The van der Waals surface area contributed by atoms with Crippen LogP contribution in [0.4, 0.5) is 0 Å². The van der Waals surface area contributed by atoms with Crippen LogP contribution in [0.1, 0.15) is 33.3 Å². The highest BCUT2D eigenvalue weighted by Crippen LogP contribution is 2.14. The van der Waals surface area contributed by atoms with Crippen molar-refractivity contribution in [1.29, 1.82) is 0 Å². The third kappa shape index (κ3) is 4.26. The molecule has 108 valence electrons. The molecule has 0 amide bonds. The van der Waals surface area contributed by atoms with Gasteiger partial charge >= 0.3 is 0 Å². The van der Waals surface area contributed by atoms with Gasteiger partial charge in [-0.15, -0.1) is 0 Å². The first-order valence-electron chi connectivity index (χ1n) is 6.41. The predicted molar refractivity (Wildman–Crippen MR) is 76.3 cm³/mol. The van der Waals surface area contributed by atoms with Crippen molar-refractivity contribution in [2.45, 2.75) is 51.3 Å². The molecule has 0 atom stereocenters. The monoisotopic (exact) mass is 285 g/mol. The maximum absolute atomic E-state index is 12.2. The minimum absolute atomic E-state index is 0.0888. The molecule has 0 aromatic carbocycles. The van der Waals surface area contributed by atoms with Crippen molar-refractivity contribution in [3.63, 3.8) is 0 Å². The number of hydrogen-bond acceptors (Lipinski definition) is 4. The second kappa shape index (κ2) is 6.45. The summed E-state index contributed by atoms with van der Waals surface area (Å²) in [5, 5.41) is 3.36. The number of aromatic nitrogens is 1. The second-order valence-electron chi connectivity index (χ2n) is 5.16. The van der Waals surface area contributed by atoms with Crippen LogP contribution < -0.4 is 5.32 Å². The molecule has 0 radical (unpaired) electrons. The molecule has 0 aliphatic rings. The lowest BCUT2D eigenvalue weighted by molar-refractivity contribution is 0.408.